The van der Waals surface area contributed by atoms with Crippen LogP contribution in [-0.4, -0.2) is 5.11 Å². The first-order chi connectivity index (χ1) is 8.20. The van der Waals surface area contributed by atoms with E-state index < -0.39 is 0 Å². The van der Waals surface area contributed by atoms with E-state index in [1.807, 2.05) is 36.4 Å². The maximum atomic E-state index is 9.83. The van der Waals surface area contributed by atoms with Crippen LogP contribution in [-0.2, 0) is 0 Å². The Bertz CT molecular complexity index is 485. The Morgan fingerprint density at radius 2 is 1.35 bits per heavy atom. The molecule has 0 aliphatic heterocycles. The number of phenols is 1. The van der Waals surface area contributed by atoms with Crippen LogP contribution in [0.15, 0.2) is 54.6 Å². The van der Waals surface area contributed by atoms with E-state index in [0.29, 0.717) is 5.75 Å². The van der Waals surface area contributed by atoms with Crippen molar-refractivity contribution in [3.05, 3.63) is 65.7 Å². The molecule has 0 saturated heterocycles. The fourth-order valence-corrected chi connectivity index (χ4v) is 2.97. The molecule has 2 unspecified atom stereocenters. The zero-order valence-corrected chi connectivity index (χ0v) is 12.2. The lowest BCUT2D eigenvalue weighted by molar-refractivity contribution is 0.467. The number of para-hydroxylation sites is 1. The van der Waals surface area contributed by atoms with Crippen LogP contribution in [0.5, 0.6) is 5.75 Å². The van der Waals surface area contributed by atoms with Crippen LogP contribution >= 0.6 is 31.9 Å². The molecule has 0 aromatic heterocycles. The van der Waals surface area contributed by atoms with Crippen LogP contribution in [0.1, 0.15) is 20.8 Å². The average molecular weight is 356 g/mol. The van der Waals surface area contributed by atoms with Crippen molar-refractivity contribution in [1.29, 1.82) is 0 Å². The fraction of sp³-hybridized carbons (Fsp3) is 0.143. The van der Waals surface area contributed by atoms with Crippen molar-refractivity contribution in [1.82, 2.24) is 0 Å². The first-order valence-corrected chi connectivity index (χ1v) is 7.14. The minimum atomic E-state index is 0.0334. The van der Waals surface area contributed by atoms with Crippen molar-refractivity contribution in [3.63, 3.8) is 0 Å². The monoisotopic (exact) mass is 354 g/mol. The van der Waals surface area contributed by atoms with Gasteiger partial charge in [-0.2, -0.15) is 0 Å². The highest BCUT2D eigenvalue weighted by molar-refractivity contribution is 9.12. The SMILES string of the molecule is Oc1ccccc1C(Br)C(Br)c1ccccc1. The third kappa shape index (κ3) is 2.90. The van der Waals surface area contributed by atoms with Crippen molar-refractivity contribution in [2.75, 3.05) is 0 Å². The smallest absolute Gasteiger partial charge is 0.119 e. The number of benzene rings is 2. The van der Waals surface area contributed by atoms with Gasteiger partial charge in [-0.25, -0.2) is 0 Å². The molecule has 0 spiro atoms. The van der Waals surface area contributed by atoms with Gasteiger partial charge in [0.1, 0.15) is 5.75 Å². The van der Waals surface area contributed by atoms with Gasteiger partial charge in [0.05, 0.1) is 9.65 Å². The second kappa shape index (κ2) is 5.69. The standard InChI is InChI=1S/C14H12Br2O/c15-13(10-6-2-1-3-7-10)14(16)11-8-4-5-9-12(11)17/h1-9,13-14,17H. The lowest BCUT2D eigenvalue weighted by Crippen LogP contribution is -1.99. The van der Waals surface area contributed by atoms with Gasteiger partial charge in [-0.3, -0.25) is 0 Å². The van der Waals surface area contributed by atoms with Gasteiger partial charge in [0.15, 0.2) is 0 Å². The summed E-state index contributed by atoms with van der Waals surface area (Å²) < 4.78 is 0. The minimum Gasteiger partial charge on any atom is -0.508 e. The molecule has 0 fully saturated rings. The number of phenolic OH excluding ortho intramolecular Hbond substituents is 1. The van der Waals surface area contributed by atoms with Crippen LogP contribution in [0, 0.1) is 0 Å². The molecule has 1 N–H and O–H groups in total. The van der Waals surface area contributed by atoms with Gasteiger partial charge in [0.25, 0.3) is 0 Å². The van der Waals surface area contributed by atoms with E-state index in [1.54, 1.807) is 6.07 Å². The van der Waals surface area contributed by atoms with E-state index in [-0.39, 0.29) is 9.65 Å². The Kier molecular flexibility index (Phi) is 4.24. The maximum Gasteiger partial charge on any atom is 0.119 e. The van der Waals surface area contributed by atoms with Crippen molar-refractivity contribution >= 4 is 31.9 Å². The van der Waals surface area contributed by atoms with Crippen LogP contribution in [0.2, 0.25) is 0 Å². The van der Waals surface area contributed by atoms with Crippen molar-refractivity contribution in [2.24, 2.45) is 0 Å². The van der Waals surface area contributed by atoms with E-state index in [0.717, 1.165) is 5.56 Å². The highest BCUT2D eigenvalue weighted by Crippen LogP contribution is 2.44. The molecule has 0 aliphatic carbocycles. The average Bonchev–Trinajstić information content (AvgIpc) is 2.39. The van der Waals surface area contributed by atoms with E-state index in [9.17, 15) is 5.11 Å². The Morgan fingerprint density at radius 3 is 2.00 bits per heavy atom. The molecule has 0 bridgehead atoms. The summed E-state index contributed by atoms with van der Waals surface area (Å²) in [6.45, 7) is 0. The molecule has 2 aromatic rings. The van der Waals surface area contributed by atoms with E-state index in [2.05, 4.69) is 44.0 Å². The van der Waals surface area contributed by atoms with Crippen molar-refractivity contribution in [3.8, 4) is 5.75 Å². The number of hydrogen-bond acceptors (Lipinski definition) is 1. The zero-order chi connectivity index (χ0) is 12.3. The number of halogens is 2. The molecule has 2 aromatic carbocycles. The van der Waals surface area contributed by atoms with Gasteiger partial charge in [-0.1, -0.05) is 80.4 Å². The van der Waals surface area contributed by atoms with Gasteiger partial charge in [0.2, 0.25) is 0 Å². The Labute approximate surface area is 118 Å². The Balaban J connectivity index is 2.27. The van der Waals surface area contributed by atoms with E-state index >= 15 is 0 Å². The second-order valence-corrected chi connectivity index (χ2v) is 5.75. The molecule has 0 aliphatic rings. The van der Waals surface area contributed by atoms with Gasteiger partial charge >= 0.3 is 0 Å². The summed E-state index contributed by atoms with van der Waals surface area (Å²) in [7, 11) is 0. The number of alkyl halides is 2. The lowest BCUT2D eigenvalue weighted by Gasteiger charge is -2.18. The van der Waals surface area contributed by atoms with Crippen LogP contribution < -0.4 is 0 Å². The van der Waals surface area contributed by atoms with Crippen molar-refractivity contribution < 1.29 is 5.11 Å². The highest BCUT2D eigenvalue weighted by atomic mass is 79.9. The third-order valence-electron chi connectivity index (χ3n) is 2.61. The summed E-state index contributed by atoms with van der Waals surface area (Å²) in [5, 5.41) is 9.83. The number of hydrogen-bond donors (Lipinski definition) is 1. The molecule has 2 atom stereocenters. The summed E-state index contributed by atoms with van der Waals surface area (Å²) >= 11 is 7.30. The fourth-order valence-electron chi connectivity index (χ4n) is 1.68. The van der Waals surface area contributed by atoms with Crippen molar-refractivity contribution in [2.45, 2.75) is 9.65 Å². The lowest BCUT2D eigenvalue weighted by atomic mass is 10.0. The molecule has 1 nitrogen and oxygen atoms in total. The summed E-state index contributed by atoms with van der Waals surface area (Å²) in [5.41, 5.74) is 2.07. The van der Waals surface area contributed by atoms with Gasteiger partial charge in [0, 0.05) is 5.56 Å². The Morgan fingerprint density at radius 1 is 0.765 bits per heavy atom. The predicted octanol–water partition coefficient (Wildman–Crippen LogP) is 4.96. The molecule has 0 heterocycles. The van der Waals surface area contributed by atoms with E-state index in [1.165, 1.54) is 5.56 Å². The molecular formula is C14H12Br2O. The molecule has 2 rings (SSSR count). The number of rotatable bonds is 3. The largest absolute Gasteiger partial charge is 0.508 e. The normalized spacial score (nSPS) is 14.2. The van der Waals surface area contributed by atoms with Gasteiger partial charge < -0.3 is 5.11 Å². The molecule has 0 radical (unpaired) electrons. The number of aromatic hydroxyl groups is 1. The maximum absolute atomic E-state index is 9.83. The molecular weight excluding hydrogens is 344 g/mol. The first-order valence-electron chi connectivity index (χ1n) is 5.31. The Hall–Kier alpha value is -0.800. The summed E-state index contributed by atoms with van der Waals surface area (Å²) in [6.07, 6.45) is 0. The zero-order valence-electron chi connectivity index (χ0n) is 9.05. The first kappa shape index (κ1) is 12.7. The molecule has 0 saturated carbocycles. The third-order valence-corrected chi connectivity index (χ3v) is 5.40. The minimum absolute atomic E-state index is 0.0334. The summed E-state index contributed by atoms with van der Waals surface area (Å²) in [6, 6.07) is 17.5. The molecule has 17 heavy (non-hydrogen) atoms. The van der Waals surface area contributed by atoms with Crippen LogP contribution in [0.4, 0.5) is 0 Å². The van der Waals surface area contributed by atoms with Crippen LogP contribution in [0.25, 0.3) is 0 Å². The van der Waals surface area contributed by atoms with E-state index in [4.69, 9.17) is 0 Å². The molecule has 3 heteroatoms. The highest BCUT2D eigenvalue weighted by Gasteiger charge is 2.21. The van der Waals surface area contributed by atoms with Gasteiger partial charge in [-0.15, -0.1) is 0 Å². The molecule has 88 valence electrons. The topological polar surface area (TPSA) is 20.2 Å². The predicted molar refractivity (Wildman–Crippen MR) is 77.9 cm³/mol. The van der Waals surface area contributed by atoms with Crippen LogP contribution in [0.3, 0.4) is 0 Å². The van der Waals surface area contributed by atoms with Gasteiger partial charge in [-0.05, 0) is 11.6 Å². The summed E-state index contributed by atoms with van der Waals surface area (Å²) in [4.78, 5) is 0.156. The quantitative estimate of drug-likeness (QED) is 0.771. The molecule has 0 amide bonds. The second-order valence-electron chi connectivity index (χ2n) is 3.77. The summed E-state index contributed by atoms with van der Waals surface area (Å²) in [5.74, 6) is 0.315.